The number of benzene rings is 3. The van der Waals surface area contributed by atoms with E-state index in [2.05, 4.69) is 16.1 Å². The van der Waals surface area contributed by atoms with Crippen molar-refractivity contribution < 1.29 is 33.5 Å². The normalized spacial score (nSPS) is 11.9. The van der Waals surface area contributed by atoms with Gasteiger partial charge in [0.1, 0.15) is 25.2 Å². The summed E-state index contributed by atoms with van der Waals surface area (Å²) >= 11 is 0. The Morgan fingerprint density at radius 1 is 0.717 bits per heavy atom. The molecule has 0 aliphatic rings. The molecule has 0 aliphatic carbocycles. The lowest BCUT2D eigenvalue weighted by atomic mass is 10.2. The molecule has 0 bridgehead atoms. The fourth-order valence-electron chi connectivity index (χ4n) is 3.96. The number of ether oxygens (including phenoxy) is 1. The van der Waals surface area contributed by atoms with Crippen LogP contribution >= 0.6 is 0 Å². The zero-order valence-electron chi connectivity index (χ0n) is 25.4. The molecule has 46 heavy (non-hydrogen) atoms. The van der Waals surface area contributed by atoms with E-state index in [1.165, 1.54) is 18.7 Å². The molecule has 13 heteroatoms. The van der Waals surface area contributed by atoms with Crippen LogP contribution in [0.15, 0.2) is 103 Å². The van der Waals surface area contributed by atoms with Crippen LogP contribution < -0.4 is 26.7 Å². The van der Waals surface area contributed by atoms with Gasteiger partial charge >= 0.3 is 6.09 Å². The van der Waals surface area contributed by atoms with Crippen molar-refractivity contribution >= 4 is 41.3 Å². The quantitative estimate of drug-likeness (QED) is 0.165. The Hall–Kier alpha value is -5.98. The zero-order valence-corrected chi connectivity index (χ0v) is 25.4. The average Bonchev–Trinajstić information content (AvgIpc) is 3.05. The molecule has 6 amide bonds. The van der Waals surface area contributed by atoms with Gasteiger partial charge in [-0.15, -0.1) is 0 Å². The maximum absolute atomic E-state index is 13.2. The number of nitrogens with one attached hydrogen (secondary N) is 3. The van der Waals surface area contributed by atoms with Gasteiger partial charge in [-0.05, 0) is 37.1 Å². The first kappa shape index (κ1) is 34.5. The lowest BCUT2D eigenvalue weighted by Gasteiger charge is -2.24. The third-order valence-corrected chi connectivity index (χ3v) is 6.40. The van der Waals surface area contributed by atoms with Gasteiger partial charge in [-0.2, -0.15) is 0 Å². The zero-order chi connectivity index (χ0) is 33.5. The number of alkyl carbamates (subject to hydrolysis) is 1. The van der Waals surface area contributed by atoms with Crippen molar-refractivity contribution in [2.45, 2.75) is 39.1 Å². The average molecular weight is 629 g/mol. The minimum atomic E-state index is -1.20. The number of hydrogen-bond acceptors (Lipinski definition) is 7. The van der Waals surface area contributed by atoms with E-state index in [4.69, 9.17) is 10.5 Å². The molecule has 3 aromatic carbocycles. The Morgan fingerprint density at radius 3 is 1.83 bits per heavy atom. The number of para-hydroxylation sites is 1. The van der Waals surface area contributed by atoms with Crippen LogP contribution in [0, 0.1) is 0 Å². The predicted octanol–water partition coefficient (Wildman–Crippen LogP) is 1.94. The maximum atomic E-state index is 13.2. The number of hydrazine groups is 1. The van der Waals surface area contributed by atoms with Crippen LogP contribution in [0.3, 0.4) is 0 Å². The number of carbonyl (C=O) groups is 6. The largest absolute Gasteiger partial charge is 0.445 e. The molecular formula is C33H36N6O7. The second-order valence-electron chi connectivity index (χ2n) is 10.1. The van der Waals surface area contributed by atoms with Crippen LogP contribution in [0.1, 0.15) is 25.0 Å². The topological polar surface area (TPSA) is 180 Å². The fourth-order valence-corrected chi connectivity index (χ4v) is 3.96. The molecule has 0 aliphatic heterocycles. The number of primary amides is 1. The van der Waals surface area contributed by atoms with Crippen molar-refractivity contribution in [3.8, 4) is 0 Å². The number of nitrogens with zero attached hydrogens (tertiary/aromatic N) is 2. The van der Waals surface area contributed by atoms with E-state index >= 15 is 0 Å². The molecule has 0 heterocycles. The summed E-state index contributed by atoms with van der Waals surface area (Å²) in [4.78, 5) is 76.8. The van der Waals surface area contributed by atoms with E-state index in [-0.39, 0.29) is 13.2 Å². The van der Waals surface area contributed by atoms with Crippen LogP contribution in [0.4, 0.5) is 10.5 Å². The van der Waals surface area contributed by atoms with E-state index < -0.39 is 54.3 Å². The van der Waals surface area contributed by atoms with E-state index in [9.17, 15) is 28.8 Å². The first-order valence-electron chi connectivity index (χ1n) is 14.3. The molecule has 0 aromatic heterocycles. The van der Waals surface area contributed by atoms with E-state index in [0.29, 0.717) is 10.7 Å². The molecule has 2 atom stereocenters. The van der Waals surface area contributed by atoms with Gasteiger partial charge in [0.25, 0.3) is 17.7 Å². The summed E-state index contributed by atoms with van der Waals surface area (Å²) in [7, 11) is 0. The third kappa shape index (κ3) is 11.3. The molecule has 0 fully saturated rings. The predicted molar refractivity (Wildman–Crippen MR) is 169 cm³/mol. The van der Waals surface area contributed by atoms with Gasteiger partial charge in [0.15, 0.2) is 0 Å². The van der Waals surface area contributed by atoms with Crippen molar-refractivity contribution in [1.29, 1.82) is 0 Å². The Kier molecular flexibility index (Phi) is 13.0. The molecular weight excluding hydrogens is 592 g/mol. The SMILES string of the molecule is C[C@H](NC(=O)OCc1ccccc1)C(=O)N[C@@H](C)C(=O)NN(CC(N)=O)C(=O)/C=C/C(=O)N(Cc1ccccc1)c1ccccc1. The molecule has 3 aromatic rings. The number of nitrogens with two attached hydrogens (primary N) is 1. The molecule has 0 saturated carbocycles. The molecule has 0 unspecified atom stereocenters. The Bertz CT molecular complexity index is 1530. The van der Waals surface area contributed by atoms with Crippen molar-refractivity contribution in [2.24, 2.45) is 5.73 Å². The van der Waals surface area contributed by atoms with Gasteiger partial charge in [-0.1, -0.05) is 78.9 Å². The van der Waals surface area contributed by atoms with Gasteiger partial charge in [0.05, 0.1) is 6.54 Å². The molecule has 0 spiro atoms. The molecule has 3 rings (SSSR count). The Morgan fingerprint density at radius 2 is 1.24 bits per heavy atom. The number of amides is 6. The summed E-state index contributed by atoms with van der Waals surface area (Å²) in [6.07, 6.45) is 1.09. The van der Waals surface area contributed by atoms with Gasteiger partial charge in [0, 0.05) is 17.8 Å². The summed E-state index contributed by atoms with van der Waals surface area (Å²) in [5, 5.41) is 5.40. The smallest absolute Gasteiger partial charge is 0.408 e. The van der Waals surface area contributed by atoms with Crippen LogP contribution in [-0.2, 0) is 41.9 Å². The second kappa shape index (κ2) is 17.3. The van der Waals surface area contributed by atoms with Crippen LogP contribution in [0.25, 0.3) is 0 Å². The summed E-state index contributed by atoms with van der Waals surface area (Å²) < 4.78 is 5.10. The molecule has 0 saturated heterocycles. The van der Waals surface area contributed by atoms with Gasteiger partial charge in [-0.25, -0.2) is 9.80 Å². The number of carbonyl (C=O) groups excluding carboxylic acids is 6. The summed E-state index contributed by atoms with van der Waals surface area (Å²) in [5.41, 5.74) is 9.71. The van der Waals surface area contributed by atoms with Crippen molar-refractivity contribution in [3.05, 3.63) is 114 Å². The monoisotopic (exact) mass is 628 g/mol. The minimum absolute atomic E-state index is 0.000897. The van der Waals surface area contributed by atoms with Crippen molar-refractivity contribution in [2.75, 3.05) is 11.4 Å². The standard InChI is InChI=1S/C33H36N6O7/c1-23(36-33(45)46-22-26-14-8-4-9-15-26)31(43)35-24(2)32(44)37-39(21-28(34)40)30(42)19-18-29(41)38(27-16-10-5-11-17-27)20-25-12-6-3-7-13-25/h3-19,23-24H,20-22H2,1-2H3,(H2,34,40)(H,35,43)(H,36,45)(H,37,44)/b19-18+/t23-,24-/m0/s1. The van der Waals surface area contributed by atoms with Crippen molar-refractivity contribution in [1.82, 2.24) is 21.1 Å². The van der Waals surface area contributed by atoms with E-state index in [0.717, 1.165) is 23.3 Å². The number of anilines is 1. The van der Waals surface area contributed by atoms with Crippen LogP contribution in [0.2, 0.25) is 0 Å². The Labute approximate surface area is 266 Å². The lowest BCUT2D eigenvalue weighted by Crippen LogP contribution is -2.56. The highest BCUT2D eigenvalue weighted by molar-refractivity contribution is 6.05. The number of rotatable bonds is 13. The third-order valence-electron chi connectivity index (χ3n) is 6.40. The van der Waals surface area contributed by atoms with Crippen LogP contribution in [-0.4, -0.2) is 59.3 Å². The fraction of sp³-hybridized carbons (Fsp3) is 0.212. The lowest BCUT2D eigenvalue weighted by molar-refractivity contribution is -0.142. The van der Waals surface area contributed by atoms with Gasteiger partial charge in [-0.3, -0.25) is 29.4 Å². The highest BCUT2D eigenvalue weighted by Gasteiger charge is 2.25. The number of hydrogen-bond donors (Lipinski definition) is 4. The van der Waals surface area contributed by atoms with Gasteiger partial charge in [0.2, 0.25) is 11.8 Å². The molecule has 13 nitrogen and oxygen atoms in total. The molecule has 240 valence electrons. The van der Waals surface area contributed by atoms with Gasteiger partial charge < -0.3 is 26.0 Å². The molecule has 5 N–H and O–H groups in total. The summed E-state index contributed by atoms with van der Waals surface area (Å²) in [6.45, 7) is 2.24. The minimum Gasteiger partial charge on any atom is -0.445 e. The van der Waals surface area contributed by atoms with E-state index in [1.54, 1.807) is 54.6 Å². The first-order valence-corrected chi connectivity index (χ1v) is 14.3. The maximum Gasteiger partial charge on any atom is 0.408 e. The Balaban J connectivity index is 1.59. The highest BCUT2D eigenvalue weighted by Crippen LogP contribution is 2.17. The summed E-state index contributed by atoms with van der Waals surface area (Å²) in [6, 6.07) is 24.8. The van der Waals surface area contributed by atoms with Crippen LogP contribution in [0.5, 0.6) is 0 Å². The van der Waals surface area contributed by atoms with E-state index in [1.807, 2.05) is 36.4 Å². The highest BCUT2D eigenvalue weighted by atomic mass is 16.5. The second-order valence-corrected chi connectivity index (χ2v) is 10.1. The summed E-state index contributed by atoms with van der Waals surface area (Å²) in [5.74, 6) is -3.96. The van der Waals surface area contributed by atoms with Crippen molar-refractivity contribution in [3.63, 3.8) is 0 Å². The molecule has 0 radical (unpaired) electrons. The first-order chi connectivity index (χ1) is 22.0.